The predicted molar refractivity (Wildman–Crippen MR) is 108 cm³/mol. The van der Waals surface area contributed by atoms with Crippen molar-refractivity contribution in [3.63, 3.8) is 0 Å². The quantitative estimate of drug-likeness (QED) is 0.714. The Kier molecular flexibility index (Phi) is 5.47. The molecule has 3 heterocycles. The number of hydrogen-bond donors (Lipinski definition) is 1. The van der Waals surface area contributed by atoms with Crippen molar-refractivity contribution in [3.05, 3.63) is 51.7 Å². The lowest BCUT2D eigenvalue weighted by atomic mass is 10.3. The molecular formula is C19H20N4O2S2. The number of nitrogens with one attached hydrogen (secondary N) is 1. The Balaban J connectivity index is 1.24. The van der Waals surface area contributed by atoms with Crippen molar-refractivity contribution in [1.82, 2.24) is 20.1 Å². The van der Waals surface area contributed by atoms with Crippen LogP contribution in [0.2, 0.25) is 0 Å². The fraction of sp³-hybridized carbons (Fsp3) is 0.316. The largest absolute Gasteiger partial charge is 0.342 e. The number of aromatic nitrogens is 1. The summed E-state index contributed by atoms with van der Waals surface area (Å²) in [7, 11) is 0. The summed E-state index contributed by atoms with van der Waals surface area (Å²) in [6.45, 7) is 3.86. The van der Waals surface area contributed by atoms with E-state index in [-0.39, 0.29) is 18.4 Å². The van der Waals surface area contributed by atoms with Gasteiger partial charge in [-0.2, -0.15) is 0 Å². The molecule has 1 N–H and O–H groups in total. The first-order valence-corrected chi connectivity index (χ1v) is 10.5. The fourth-order valence-corrected chi connectivity index (χ4v) is 4.75. The minimum atomic E-state index is -0.187. The summed E-state index contributed by atoms with van der Waals surface area (Å²) in [5.41, 5.74) is 1.05. The van der Waals surface area contributed by atoms with E-state index in [2.05, 4.69) is 21.3 Å². The molecule has 0 atom stereocenters. The van der Waals surface area contributed by atoms with Gasteiger partial charge in [0, 0.05) is 26.2 Å². The maximum Gasteiger partial charge on any atom is 0.261 e. The van der Waals surface area contributed by atoms with Gasteiger partial charge in [0.1, 0.15) is 5.01 Å². The molecule has 0 saturated carbocycles. The lowest BCUT2D eigenvalue weighted by molar-refractivity contribution is -0.131. The Labute approximate surface area is 165 Å². The normalized spacial score (nSPS) is 15.2. The Morgan fingerprint density at radius 3 is 2.63 bits per heavy atom. The molecule has 8 heteroatoms. The standard InChI is InChI=1S/C19H20N4O2S2/c24-18(12-20-19(25)16-6-3-11-26-16)23-9-7-22(8-10-23)13-17-21-14-4-1-2-5-15(14)27-17/h1-6,11H,7-10,12-13H2,(H,20,25). The van der Waals surface area contributed by atoms with E-state index in [4.69, 9.17) is 0 Å². The van der Waals surface area contributed by atoms with Gasteiger partial charge in [-0.15, -0.1) is 22.7 Å². The second-order valence-corrected chi connectivity index (χ2v) is 8.46. The van der Waals surface area contributed by atoms with Crippen LogP contribution in [0.4, 0.5) is 0 Å². The molecule has 27 heavy (non-hydrogen) atoms. The van der Waals surface area contributed by atoms with E-state index in [9.17, 15) is 9.59 Å². The average molecular weight is 401 g/mol. The van der Waals surface area contributed by atoms with Crippen LogP contribution < -0.4 is 5.32 Å². The highest BCUT2D eigenvalue weighted by Crippen LogP contribution is 2.23. The predicted octanol–water partition coefficient (Wildman–Crippen LogP) is 2.43. The van der Waals surface area contributed by atoms with Gasteiger partial charge in [-0.1, -0.05) is 18.2 Å². The van der Waals surface area contributed by atoms with Gasteiger partial charge in [0.2, 0.25) is 5.91 Å². The molecule has 1 aromatic carbocycles. The molecule has 1 aliphatic rings. The van der Waals surface area contributed by atoms with Gasteiger partial charge in [-0.3, -0.25) is 14.5 Å². The molecule has 0 radical (unpaired) electrons. The summed E-state index contributed by atoms with van der Waals surface area (Å²) in [6.07, 6.45) is 0. The molecule has 1 aliphatic heterocycles. The number of piperazine rings is 1. The highest BCUT2D eigenvalue weighted by molar-refractivity contribution is 7.18. The zero-order chi connectivity index (χ0) is 18.6. The molecule has 6 nitrogen and oxygen atoms in total. The maximum atomic E-state index is 12.3. The van der Waals surface area contributed by atoms with Crippen molar-refractivity contribution in [1.29, 1.82) is 0 Å². The molecule has 0 bridgehead atoms. The van der Waals surface area contributed by atoms with Crippen molar-refractivity contribution in [3.8, 4) is 0 Å². The van der Waals surface area contributed by atoms with Crippen molar-refractivity contribution >= 4 is 44.7 Å². The van der Waals surface area contributed by atoms with Crippen LogP contribution in [-0.4, -0.2) is 59.3 Å². The molecule has 1 fully saturated rings. The van der Waals surface area contributed by atoms with Gasteiger partial charge in [0.05, 0.1) is 28.2 Å². The first kappa shape index (κ1) is 18.1. The molecule has 140 valence electrons. The van der Waals surface area contributed by atoms with Crippen molar-refractivity contribution in [2.75, 3.05) is 32.7 Å². The van der Waals surface area contributed by atoms with E-state index < -0.39 is 0 Å². The SMILES string of the molecule is O=C(NCC(=O)N1CCN(Cc2nc3ccccc3s2)CC1)c1cccs1. The minimum absolute atomic E-state index is 0.0282. The fourth-order valence-electron chi connectivity index (χ4n) is 3.10. The maximum absolute atomic E-state index is 12.3. The smallest absolute Gasteiger partial charge is 0.261 e. The van der Waals surface area contributed by atoms with Crippen LogP contribution in [0, 0.1) is 0 Å². The number of hydrogen-bond acceptors (Lipinski definition) is 6. The number of rotatable bonds is 5. The second-order valence-electron chi connectivity index (χ2n) is 6.39. The van der Waals surface area contributed by atoms with Gasteiger partial charge >= 0.3 is 0 Å². The first-order chi connectivity index (χ1) is 13.2. The van der Waals surface area contributed by atoms with E-state index >= 15 is 0 Å². The van der Waals surface area contributed by atoms with Crippen molar-refractivity contribution in [2.45, 2.75) is 6.54 Å². The summed E-state index contributed by atoms with van der Waals surface area (Å²) in [5.74, 6) is -0.215. The summed E-state index contributed by atoms with van der Waals surface area (Å²) in [4.78, 5) is 33.7. The molecule has 4 rings (SSSR count). The zero-order valence-corrected chi connectivity index (χ0v) is 16.4. The van der Waals surface area contributed by atoms with E-state index in [1.165, 1.54) is 16.0 Å². The Morgan fingerprint density at radius 2 is 1.89 bits per heavy atom. The average Bonchev–Trinajstić information content (AvgIpc) is 3.35. The molecule has 1 saturated heterocycles. The van der Waals surface area contributed by atoms with E-state index in [0.717, 1.165) is 30.2 Å². The minimum Gasteiger partial charge on any atom is -0.342 e. The number of amides is 2. The summed E-state index contributed by atoms with van der Waals surface area (Å²) in [6, 6.07) is 11.8. The highest BCUT2D eigenvalue weighted by Gasteiger charge is 2.22. The third-order valence-corrected chi connectivity index (χ3v) is 6.46. The van der Waals surface area contributed by atoms with Crippen LogP contribution in [0.25, 0.3) is 10.2 Å². The van der Waals surface area contributed by atoms with Crippen LogP contribution >= 0.6 is 22.7 Å². The third kappa shape index (κ3) is 4.35. The lowest BCUT2D eigenvalue weighted by Gasteiger charge is -2.34. The van der Waals surface area contributed by atoms with Gasteiger partial charge in [0.25, 0.3) is 5.91 Å². The van der Waals surface area contributed by atoms with E-state index in [1.54, 1.807) is 17.4 Å². The third-order valence-electron chi connectivity index (χ3n) is 4.57. The number of thiazole rings is 1. The summed E-state index contributed by atoms with van der Waals surface area (Å²) < 4.78 is 1.21. The number of carbonyl (C=O) groups excluding carboxylic acids is 2. The van der Waals surface area contributed by atoms with Crippen LogP contribution in [-0.2, 0) is 11.3 Å². The van der Waals surface area contributed by atoms with E-state index in [1.807, 2.05) is 34.5 Å². The second kappa shape index (κ2) is 8.16. The number of fused-ring (bicyclic) bond motifs is 1. The van der Waals surface area contributed by atoms with Gasteiger partial charge in [-0.05, 0) is 23.6 Å². The topological polar surface area (TPSA) is 65.5 Å². The Hall–Kier alpha value is -2.29. The molecule has 2 amide bonds. The van der Waals surface area contributed by atoms with Gasteiger partial charge in [-0.25, -0.2) is 4.98 Å². The number of para-hydroxylation sites is 1. The Morgan fingerprint density at radius 1 is 1.07 bits per heavy atom. The number of thiophene rings is 1. The summed E-state index contributed by atoms with van der Waals surface area (Å²) in [5, 5.41) is 5.67. The molecule has 0 spiro atoms. The molecular weight excluding hydrogens is 380 g/mol. The molecule has 3 aromatic rings. The van der Waals surface area contributed by atoms with Gasteiger partial charge in [0.15, 0.2) is 0 Å². The number of benzene rings is 1. The number of nitrogens with zero attached hydrogens (tertiary/aromatic N) is 3. The highest BCUT2D eigenvalue weighted by atomic mass is 32.1. The lowest BCUT2D eigenvalue weighted by Crippen LogP contribution is -2.50. The molecule has 0 unspecified atom stereocenters. The monoisotopic (exact) mass is 400 g/mol. The zero-order valence-electron chi connectivity index (χ0n) is 14.8. The Bertz CT molecular complexity index is 897. The van der Waals surface area contributed by atoms with Crippen LogP contribution in [0.15, 0.2) is 41.8 Å². The van der Waals surface area contributed by atoms with E-state index in [0.29, 0.717) is 18.0 Å². The molecule has 2 aromatic heterocycles. The first-order valence-electron chi connectivity index (χ1n) is 8.85. The van der Waals surface area contributed by atoms with Crippen molar-refractivity contribution in [2.24, 2.45) is 0 Å². The van der Waals surface area contributed by atoms with Crippen LogP contribution in [0.3, 0.4) is 0 Å². The molecule has 0 aliphatic carbocycles. The summed E-state index contributed by atoms with van der Waals surface area (Å²) >= 11 is 3.10. The number of carbonyl (C=O) groups is 2. The van der Waals surface area contributed by atoms with Gasteiger partial charge < -0.3 is 10.2 Å². The van der Waals surface area contributed by atoms with Crippen LogP contribution in [0.1, 0.15) is 14.7 Å². The van der Waals surface area contributed by atoms with Crippen LogP contribution in [0.5, 0.6) is 0 Å². The van der Waals surface area contributed by atoms with Crippen molar-refractivity contribution < 1.29 is 9.59 Å².